The molecule has 0 aliphatic rings. The molecule has 12 heavy (non-hydrogen) atoms. The van der Waals surface area contributed by atoms with Crippen molar-refractivity contribution in [2.45, 2.75) is 20.3 Å². The van der Waals surface area contributed by atoms with E-state index in [0.29, 0.717) is 6.61 Å². The van der Waals surface area contributed by atoms with Gasteiger partial charge in [-0.1, -0.05) is 13.8 Å². The second kappa shape index (κ2) is 8.97. The molecule has 0 bridgehead atoms. The van der Waals surface area contributed by atoms with Crippen LogP contribution in [0.5, 0.6) is 0 Å². The van der Waals surface area contributed by atoms with Crippen molar-refractivity contribution in [3.8, 4) is 0 Å². The number of nitrogens with zero attached hydrogens (tertiary/aromatic N) is 1. The first-order valence-electron chi connectivity index (χ1n) is 4.89. The van der Waals surface area contributed by atoms with Crippen molar-refractivity contribution >= 4 is 0 Å². The third-order valence-corrected chi connectivity index (χ3v) is 1.93. The first-order chi connectivity index (χ1) is 5.85. The molecule has 0 aromatic carbocycles. The second-order valence-corrected chi connectivity index (χ2v) is 2.86. The number of aliphatic hydroxyl groups is 1. The van der Waals surface area contributed by atoms with E-state index in [9.17, 15) is 0 Å². The Hall–Kier alpha value is -0.120. The van der Waals surface area contributed by atoms with Crippen molar-refractivity contribution < 1.29 is 5.11 Å². The molecule has 0 atom stereocenters. The van der Waals surface area contributed by atoms with Crippen LogP contribution < -0.4 is 5.32 Å². The lowest BCUT2D eigenvalue weighted by Crippen LogP contribution is -2.33. The molecule has 74 valence electrons. The van der Waals surface area contributed by atoms with E-state index in [2.05, 4.69) is 24.1 Å². The Morgan fingerprint density at radius 3 is 2.50 bits per heavy atom. The summed E-state index contributed by atoms with van der Waals surface area (Å²) in [6.07, 6.45) is 0.889. The zero-order valence-corrected chi connectivity index (χ0v) is 8.34. The fourth-order valence-corrected chi connectivity index (χ4v) is 1.14. The van der Waals surface area contributed by atoms with Crippen LogP contribution in [0.15, 0.2) is 0 Å². The van der Waals surface area contributed by atoms with Gasteiger partial charge >= 0.3 is 0 Å². The normalized spacial score (nSPS) is 11.0. The van der Waals surface area contributed by atoms with E-state index < -0.39 is 0 Å². The Balaban J connectivity index is 3.26. The van der Waals surface area contributed by atoms with Crippen LogP contribution in [-0.4, -0.2) is 49.3 Å². The number of nitrogens with one attached hydrogen (secondary N) is 1. The van der Waals surface area contributed by atoms with Gasteiger partial charge in [0.05, 0.1) is 0 Å². The van der Waals surface area contributed by atoms with E-state index in [-0.39, 0.29) is 0 Å². The van der Waals surface area contributed by atoms with Gasteiger partial charge in [-0.05, 0) is 19.5 Å². The predicted octanol–water partition coefficient (Wildman–Crippen LogP) is 0.300. The lowest BCUT2D eigenvalue weighted by atomic mass is 10.4. The summed E-state index contributed by atoms with van der Waals surface area (Å²) in [5, 5.41) is 11.9. The van der Waals surface area contributed by atoms with Gasteiger partial charge < -0.3 is 15.3 Å². The monoisotopic (exact) mass is 174 g/mol. The van der Waals surface area contributed by atoms with Gasteiger partial charge in [0, 0.05) is 26.2 Å². The van der Waals surface area contributed by atoms with E-state index >= 15 is 0 Å². The Kier molecular flexibility index (Phi) is 8.88. The van der Waals surface area contributed by atoms with Crippen LogP contribution in [0.1, 0.15) is 20.3 Å². The topological polar surface area (TPSA) is 35.5 Å². The lowest BCUT2D eigenvalue weighted by Gasteiger charge is -2.19. The minimum atomic E-state index is 0.303. The van der Waals surface area contributed by atoms with Gasteiger partial charge in [-0.25, -0.2) is 0 Å². The smallest absolute Gasteiger partial charge is 0.0443 e. The van der Waals surface area contributed by atoms with Crippen molar-refractivity contribution in [2.24, 2.45) is 0 Å². The summed E-state index contributed by atoms with van der Waals surface area (Å²) in [5.74, 6) is 0. The highest BCUT2D eigenvalue weighted by molar-refractivity contribution is 4.56. The quantitative estimate of drug-likeness (QED) is 0.520. The van der Waals surface area contributed by atoms with Crippen molar-refractivity contribution in [1.29, 1.82) is 0 Å². The summed E-state index contributed by atoms with van der Waals surface area (Å²) >= 11 is 0. The van der Waals surface area contributed by atoms with E-state index in [4.69, 9.17) is 5.11 Å². The highest BCUT2D eigenvalue weighted by atomic mass is 16.3. The minimum Gasteiger partial charge on any atom is -0.396 e. The van der Waals surface area contributed by atoms with Gasteiger partial charge in [0.25, 0.3) is 0 Å². The molecule has 0 radical (unpaired) electrons. The second-order valence-electron chi connectivity index (χ2n) is 2.86. The molecular formula is C9H22N2O. The Morgan fingerprint density at radius 2 is 2.00 bits per heavy atom. The summed E-state index contributed by atoms with van der Waals surface area (Å²) in [4.78, 5) is 2.35. The fourth-order valence-electron chi connectivity index (χ4n) is 1.14. The predicted molar refractivity (Wildman–Crippen MR) is 52.4 cm³/mol. The van der Waals surface area contributed by atoms with E-state index in [1.165, 1.54) is 0 Å². The van der Waals surface area contributed by atoms with Gasteiger partial charge in [0.1, 0.15) is 0 Å². The molecule has 0 aliphatic carbocycles. The summed E-state index contributed by atoms with van der Waals surface area (Å²) in [6, 6.07) is 0. The van der Waals surface area contributed by atoms with Crippen molar-refractivity contribution in [2.75, 3.05) is 39.3 Å². The minimum absolute atomic E-state index is 0.303. The summed E-state index contributed by atoms with van der Waals surface area (Å²) < 4.78 is 0. The number of hydrogen-bond acceptors (Lipinski definition) is 3. The molecule has 3 nitrogen and oxygen atoms in total. The van der Waals surface area contributed by atoms with Gasteiger partial charge in [0.15, 0.2) is 0 Å². The van der Waals surface area contributed by atoms with Gasteiger partial charge in [-0.3, -0.25) is 0 Å². The Bertz CT molecular complexity index is 88.6. The first-order valence-corrected chi connectivity index (χ1v) is 4.89. The van der Waals surface area contributed by atoms with Crippen LogP contribution >= 0.6 is 0 Å². The standard InChI is InChI=1S/C9H22N2O/c1-3-10-6-8-11(4-2)7-5-9-12/h10,12H,3-9H2,1-2H3. The molecule has 0 heterocycles. The van der Waals surface area contributed by atoms with Crippen LogP contribution in [0.3, 0.4) is 0 Å². The van der Waals surface area contributed by atoms with Crippen LogP contribution in [0.2, 0.25) is 0 Å². The molecule has 0 spiro atoms. The summed E-state index contributed by atoms with van der Waals surface area (Å²) in [5.41, 5.74) is 0. The third-order valence-electron chi connectivity index (χ3n) is 1.93. The van der Waals surface area contributed by atoms with Crippen molar-refractivity contribution in [3.63, 3.8) is 0 Å². The molecule has 2 N–H and O–H groups in total. The van der Waals surface area contributed by atoms with E-state index in [0.717, 1.165) is 39.1 Å². The molecule has 0 amide bonds. The molecule has 0 fully saturated rings. The Morgan fingerprint density at radius 1 is 1.25 bits per heavy atom. The maximum absolute atomic E-state index is 8.64. The highest BCUT2D eigenvalue weighted by Gasteiger charge is 1.99. The number of aliphatic hydroxyl groups excluding tert-OH is 1. The zero-order valence-electron chi connectivity index (χ0n) is 8.34. The summed E-state index contributed by atoms with van der Waals surface area (Å²) in [6.45, 7) is 9.84. The average molecular weight is 174 g/mol. The maximum atomic E-state index is 8.64. The molecule has 0 unspecified atom stereocenters. The lowest BCUT2D eigenvalue weighted by molar-refractivity contribution is 0.230. The van der Waals surface area contributed by atoms with Gasteiger partial charge in [-0.15, -0.1) is 0 Å². The van der Waals surface area contributed by atoms with E-state index in [1.807, 2.05) is 0 Å². The van der Waals surface area contributed by atoms with Crippen molar-refractivity contribution in [3.05, 3.63) is 0 Å². The van der Waals surface area contributed by atoms with Crippen LogP contribution in [-0.2, 0) is 0 Å². The SMILES string of the molecule is CCNCCN(CC)CCCO. The van der Waals surface area contributed by atoms with Crippen LogP contribution in [0, 0.1) is 0 Å². The van der Waals surface area contributed by atoms with E-state index in [1.54, 1.807) is 0 Å². The fraction of sp³-hybridized carbons (Fsp3) is 1.00. The van der Waals surface area contributed by atoms with Crippen LogP contribution in [0.25, 0.3) is 0 Å². The average Bonchev–Trinajstić information content (AvgIpc) is 2.11. The molecular weight excluding hydrogens is 152 g/mol. The molecule has 0 saturated carbocycles. The number of hydrogen-bond donors (Lipinski definition) is 2. The first kappa shape index (κ1) is 11.9. The Labute approximate surface area is 75.8 Å². The number of rotatable bonds is 8. The van der Waals surface area contributed by atoms with Gasteiger partial charge in [0.2, 0.25) is 0 Å². The van der Waals surface area contributed by atoms with Gasteiger partial charge in [-0.2, -0.15) is 0 Å². The third kappa shape index (κ3) is 6.58. The maximum Gasteiger partial charge on any atom is 0.0443 e. The molecule has 0 aromatic heterocycles. The van der Waals surface area contributed by atoms with Crippen LogP contribution in [0.4, 0.5) is 0 Å². The highest BCUT2D eigenvalue weighted by Crippen LogP contribution is 1.89. The molecule has 0 aromatic rings. The molecule has 0 aliphatic heterocycles. The number of likely N-dealkylation sites (N-methyl/N-ethyl adjacent to an activating group) is 2. The molecule has 0 saturated heterocycles. The largest absolute Gasteiger partial charge is 0.396 e. The zero-order chi connectivity index (χ0) is 9.23. The molecule has 0 rings (SSSR count). The summed E-state index contributed by atoms with van der Waals surface area (Å²) in [7, 11) is 0. The van der Waals surface area contributed by atoms with Crippen molar-refractivity contribution in [1.82, 2.24) is 10.2 Å². The molecule has 3 heteroatoms.